The van der Waals surface area contributed by atoms with Crippen molar-refractivity contribution >= 4 is 0 Å². The molecule has 1 aliphatic carbocycles. The molecular weight excluding hydrogens is 98.1 g/mol. The summed E-state index contributed by atoms with van der Waals surface area (Å²) in [7, 11) is 0. The average Bonchev–Trinajstić information content (AvgIpc) is 2.19. The summed E-state index contributed by atoms with van der Waals surface area (Å²) < 4.78 is 0. The second kappa shape index (κ2) is 2.32. The van der Waals surface area contributed by atoms with Gasteiger partial charge in [0.1, 0.15) is 0 Å². The van der Waals surface area contributed by atoms with Gasteiger partial charge in [-0.15, -0.1) is 0 Å². The van der Waals surface area contributed by atoms with Crippen molar-refractivity contribution in [2.45, 2.75) is 12.8 Å². The zero-order valence-electron chi connectivity index (χ0n) is 4.59. The Kier molecular flexibility index (Phi) is 1.48. The Balaban J connectivity index is 2.42. The molecule has 0 aromatic heterocycles. The molecule has 0 fully saturated rings. The van der Waals surface area contributed by atoms with Crippen LogP contribution < -0.4 is 0 Å². The quantitative estimate of drug-likeness (QED) is 0.498. The molecule has 1 heteroatoms. The molecule has 0 heterocycles. The fourth-order valence-corrected chi connectivity index (χ4v) is 0.724. The minimum Gasteiger partial charge on any atom is -0.198 e. The molecule has 0 N–H and O–H groups in total. The summed E-state index contributed by atoms with van der Waals surface area (Å²) >= 11 is 0. The number of rotatable bonds is 1. The molecule has 0 unspecified atom stereocenters. The first kappa shape index (κ1) is 5.11. The van der Waals surface area contributed by atoms with Crippen molar-refractivity contribution in [3.63, 3.8) is 0 Å². The van der Waals surface area contributed by atoms with E-state index in [1.54, 1.807) is 0 Å². The van der Waals surface area contributed by atoms with Crippen LogP contribution in [-0.4, -0.2) is 0 Å². The maximum absolute atomic E-state index is 8.21. The van der Waals surface area contributed by atoms with Crippen LogP contribution in [0.2, 0.25) is 0 Å². The molecule has 0 aliphatic heterocycles. The van der Waals surface area contributed by atoms with Crippen molar-refractivity contribution in [1.29, 1.82) is 5.26 Å². The zero-order valence-corrected chi connectivity index (χ0v) is 4.59. The summed E-state index contributed by atoms with van der Waals surface area (Å²) in [6, 6.07) is 2.10. The van der Waals surface area contributed by atoms with Gasteiger partial charge in [-0.25, -0.2) is 0 Å². The first-order valence-corrected chi connectivity index (χ1v) is 2.65. The van der Waals surface area contributed by atoms with Crippen molar-refractivity contribution in [2.75, 3.05) is 0 Å². The number of hydrogen-bond donors (Lipinski definition) is 0. The topological polar surface area (TPSA) is 23.8 Å². The van der Waals surface area contributed by atoms with Crippen LogP contribution in [0.4, 0.5) is 0 Å². The van der Waals surface area contributed by atoms with Gasteiger partial charge < -0.3 is 0 Å². The van der Waals surface area contributed by atoms with Crippen LogP contribution in [0.5, 0.6) is 0 Å². The molecule has 1 rings (SSSR count). The van der Waals surface area contributed by atoms with Gasteiger partial charge in [-0.05, 0) is 6.42 Å². The number of allylic oxidation sites excluding steroid dienone is 4. The third-order valence-electron chi connectivity index (χ3n) is 1.15. The first-order chi connectivity index (χ1) is 3.93. The van der Waals surface area contributed by atoms with E-state index in [9.17, 15) is 0 Å². The van der Waals surface area contributed by atoms with Crippen molar-refractivity contribution in [1.82, 2.24) is 0 Å². The second-order valence-electron chi connectivity index (χ2n) is 1.79. The lowest BCUT2D eigenvalue weighted by atomic mass is 10.2. The maximum Gasteiger partial charge on any atom is 0.0666 e. The van der Waals surface area contributed by atoms with Gasteiger partial charge in [0.2, 0.25) is 0 Å². The van der Waals surface area contributed by atoms with Crippen LogP contribution >= 0.6 is 0 Å². The molecule has 8 heavy (non-hydrogen) atoms. The summed E-state index contributed by atoms with van der Waals surface area (Å²) in [5.74, 6) is 0. The molecule has 0 aromatic carbocycles. The lowest BCUT2D eigenvalue weighted by Crippen LogP contribution is -1.71. The minimum atomic E-state index is 0.590. The Bertz CT molecular complexity index is 169. The monoisotopic (exact) mass is 105 g/mol. The van der Waals surface area contributed by atoms with Crippen LogP contribution in [0.3, 0.4) is 0 Å². The van der Waals surface area contributed by atoms with E-state index in [0.29, 0.717) is 6.42 Å². The van der Waals surface area contributed by atoms with Crippen LogP contribution in [0.25, 0.3) is 0 Å². The Morgan fingerprint density at radius 2 is 2.62 bits per heavy atom. The fraction of sp³-hybridized carbons (Fsp3) is 0.286. The summed E-state index contributed by atoms with van der Waals surface area (Å²) in [6.07, 6.45) is 7.63. The van der Waals surface area contributed by atoms with Crippen molar-refractivity contribution in [2.24, 2.45) is 0 Å². The van der Waals surface area contributed by atoms with Crippen molar-refractivity contribution in [3.05, 3.63) is 23.8 Å². The predicted molar refractivity (Wildman–Crippen MR) is 32.1 cm³/mol. The van der Waals surface area contributed by atoms with E-state index < -0.39 is 0 Å². The van der Waals surface area contributed by atoms with E-state index in [2.05, 4.69) is 12.1 Å². The highest BCUT2D eigenvalue weighted by atomic mass is 14.2. The van der Waals surface area contributed by atoms with E-state index in [1.807, 2.05) is 12.2 Å². The molecule has 0 bridgehead atoms. The van der Waals surface area contributed by atoms with Crippen LogP contribution in [0.15, 0.2) is 23.8 Å². The molecule has 0 aromatic rings. The summed E-state index contributed by atoms with van der Waals surface area (Å²) in [5, 5.41) is 8.21. The molecule has 40 valence electrons. The molecule has 1 aliphatic rings. The Morgan fingerprint density at radius 1 is 1.75 bits per heavy atom. The fourth-order valence-electron chi connectivity index (χ4n) is 0.724. The lowest BCUT2D eigenvalue weighted by molar-refractivity contribution is 1.14. The molecule has 0 atom stereocenters. The average molecular weight is 105 g/mol. The van der Waals surface area contributed by atoms with Crippen LogP contribution in [-0.2, 0) is 0 Å². The maximum atomic E-state index is 8.21. The van der Waals surface area contributed by atoms with E-state index in [1.165, 1.54) is 5.57 Å². The van der Waals surface area contributed by atoms with Crippen molar-refractivity contribution in [3.8, 4) is 6.07 Å². The highest BCUT2D eigenvalue weighted by Gasteiger charge is 1.95. The standard InChI is InChI=1S/C7H7N/c8-6-5-7-3-1-2-4-7/h1-3H,4-5H2. The molecule has 0 spiro atoms. The first-order valence-electron chi connectivity index (χ1n) is 2.65. The zero-order chi connectivity index (χ0) is 5.82. The SMILES string of the molecule is N#CCC1=CC=CC1. The van der Waals surface area contributed by atoms with Gasteiger partial charge >= 0.3 is 0 Å². The summed E-state index contributed by atoms with van der Waals surface area (Å²) in [6.45, 7) is 0. The van der Waals surface area contributed by atoms with Gasteiger partial charge in [-0.2, -0.15) is 5.26 Å². The van der Waals surface area contributed by atoms with Gasteiger partial charge in [-0.1, -0.05) is 23.8 Å². The van der Waals surface area contributed by atoms with Gasteiger partial charge in [-0.3, -0.25) is 0 Å². The Hall–Kier alpha value is -1.03. The molecule has 0 saturated carbocycles. The minimum absolute atomic E-state index is 0.590. The second-order valence-corrected chi connectivity index (χ2v) is 1.79. The molecule has 1 nitrogen and oxygen atoms in total. The van der Waals surface area contributed by atoms with Gasteiger partial charge in [0.25, 0.3) is 0 Å². The number of nitriles is 1. The molecular formula is C7H7N. The van der Waals surface area contributed by atoms with E-state index in [4.69, 9.17) is 5.26 Å². The van der Waals surface area contributed by atoms with Gasteiger partial charge in [0.05, 0.1) is 12.5 Å². The lowest BCUT2D eigenvalue weighted by Gasteiger charge is -1.86. The highest BCUT2D eigenvalue weighted by molar-refractivity contribution is 5.24. The smallest absolute Gasteiger partial charge is 0.0666 e. The highest BCUT2D eigenvalue weighted by Crippen LogP contribution is 2.12. The predicted octanol–water partition coefficient (Wildman–Crippen LogP) is 1.79. The van der Waals surface area contributed by atoms with E-state index in [-0.39, 0.29) is 0 Å². The normalized spacial score (nSPS) is 15.6. The summed E-state index contributed by atoms with van der Waals surface area (Å²) in [5.41, 5.74) is 1.23. The number of nitrogens with zero attached hydrogens (tertiary/aromatic N) is 1. The molecule has 0 saturated heterocycles. The van der Waals surface area contributed by atoms with Gasteiger partial charge in [0.15, 0.2) is 0 Å². The summed E-state index contributed by atoms with van der Waals surface area (Å²) in [4.78, 5) is 0. The van der Waals surface area contributed by atoms with Crippen LogP contribution in [0.1, 0.15) is 12.8 Å². The van der Waals surface area contributed by atoms with Gasteiger partial charge in [0, 0.05) is 0 Å². The molecule has 0 amide bonds. The van der Waals surface area contributed by atoms with Crippen molar-refractivity contribution < 1.29 is 0 Å². The third-order valence-corrected chi connectivity index (χ3v) is 1.15. The Labute approximate surface area is 48.9 Å². The largest absolute Gasteiger partial charge is 0.198 e. The van der Waals surface area contributed by atoms with Crippen LogP contribution in [0, 0.1) is 11.3 Å². The number of hydrogen-bond acceptors (Lipinski definition) is 1. The Morgan fingerprint density at radius 3 is 3.12 bits per heavy atom. The third kappa shape index (κ3) is 0.974. The molecule has 0 radical (unpaired) electrons. The van der Waals surface area contributed by atoms with E-state index in [0.717, 1.165) is 6.42 Å². The van der Waals surface area contributed by atoms with E-state index >= 15 is 0 Å².